The van der Waals surface area contributed by atoms with Crippen molar-refractivity contribution in [1.82, 2.24) is 5.32 Å². The second-order valence-electron chi connectivity index (χ2n) is 7.80. The van der Waals surface area contributed by atoms with Crippen molar-refractivity contribution in [2.24, 2.45) is 0 Å². The van der Waals surface area contributed by atoms with Crippen molar-refractivity contribution in [3.05, 3.63) is 88.4 Å². The van der Waals surface area contributed by atoms with E-state index in [0.717, 1.165) is 22.3 Å². The van der Waals surface area contributed by atoms with Gasteiger partial charge in [-0.1, -0.05) is 66.2 Å². The van der Waals surface area contributed by atoms with Crippen LogP contribution in [0.1, 0.15) is 35.1 Å². The fourth-order valence-electron chi connectivity index (χ4n) is 4.19. The standard InChI is InChI=1S/C25H25ClN2O4/c26-20-10-5-11-21(27)23(20)24(30)22(29)12-13-28-25(31)32-14-19-17-8-3-1-6-15(17)16-7-2-4-9-18(16)19/h1-11,19,22,24,29-30H,12-14,27H2,(H,28,31). The van der Waals surface area contributed by atoms with Gasteiger partial charge in [-0.25, -0.2) is 4.79 Å². The first-order valence-electron chi connectivity index (χ1n) is 10.5. The van der Waals surface area contributed by atoms with Crippen LogP contribution in [0.4, 0.5) is 10.5 Å². The molecule has 7 heteroatoms. The molecule has 5 N–H and O–H groups in total. The number of rotatable bonds is 7. The summed E-state index contributed by atoms with van der Waals surface area (Å²) in [7, 11) is 0. The van der Waals surface area contributed by atoms with Crippen LogP contribution in [0.2, 0.25) is 5.02 Å². The lowest BCUT2D eigenvalue weighted by molar-refractivity contribution is 0.0141. The summed E-state index contributed by atoms with van der Waals surface area (Å²) in [6.07, 6.45) is -2.87. The van der Waals surface area contributed by atoms with Gasteiger partial charge in [0.25, 0.3) is 0 Å². The van der Waals surface area contributed by atoms with E-state index in [0.29, 0.717) is 5.69 Å². The van der Waals surface area contributed by atoms with E-state index >= 15 is 0 Å². The fraction of sp³-hybridized carbons (Fsp3) is 0.240. The molecular formula is C25H25ClN2O4. The summed E-state index contributed by atoms with van der Waals surface area (Å²) in [5.74, 6) is -0.0243. The van der Waals surface area contributed by atoms with E-state index in [2.05, 4.69) is 29.6 Å². The predicted molar refractivity (Wildman–Crippen MR) is 125 cm³/mol. The van der Waals surface area contributed by atoms with Gasteiger partial charge in [0.15, 0.2) is 0 Å². The van der Waals surface area contributed by atoms with E-state index in [4.69, 9.17) is 22.1 Å². The zero-order chi connectivity index (χ0) is 22.7. The van der Waals surface area contributed by atoms with Crippen LogP contribution in [0.15, 0.2) is 66.7 Å². The maximum atomic E-state index is 12.2. The molecule has 1 aliphatic carbocycles. The van der Waals surface area contributed by atoms with Gasteiger partial charge in [-0.15, -0.1) is 0 Å². The third kappa shape index (κ3) is 4.43. The first-order valence-corrected chi connectivity index (χ1v) is 10.8. The summed E-state index contributed by atoms with van der Waals surface area (Å²) in [5.41, 5.74) is 11.0. The Labute approximate surface area is 191 Å². The Hall–Kier alpha value is -3.06. The Morgan fingerprint density at radius 2 is 1.62 bits per heavy atom. The lowest BCUT2D eigenvalue weighted by Gasteiger charge is -2.21. The van der Waals surface area contributed by atoms with Crippen LogP contribution in [0.3, 0.4) is 0 Å². The quantitative estimate of drug-likeness (QED) is 0.401. The molecule has 0 saturated heterocycles. The zero-order valence-electron chi connectivity index (χ0n) is 17.4. The van der Waals surface area contributed by atoms with Crippen LogP contribution in [-0.4, -0.2) is 35.6 Å². The number of fused-ring (bicyclic) bond motifs is 3. The third-order valence-electron chi connectivity index (χ3n) is 5.80. The number of amides is 1. The number of anilines is 1. The first-order chi connectivity index (χ1) is 15.5. The highest BCUT2D eigenvalue weighted by Gasteiger charge is 2.29. The van der Waals surface area contributed by atoms with Gasteiger partial charge in [0.05, 0.1) is 6.10 Å². The summed E-state index contributed by atoms with van der Waals surface area (Å²) >= 11 is 6.09. The molecule has 0 heterocycles. The van der Waals surface area contributed by atoms with Gasteiger partial charge in [0.1, 0.15) is 12.7 Å². The molecule has 2 atom stereocenters. The molecule has 0 aromatic heterocycles. The molecule has 1 aliphatic rings. The van der Waals surface area contributed by atoms with E-state index in [1.807, 2.05) is 24.3 Å². The largest absolute Gasteiger partial charge is 0.449 e. The van der Waals surface area contributed by atoms with Gasteiger partial charge < -0.3 is 26.0 Å². The van der Waals surface area contributed by atoms with Crippen LogP contribution in [0, 0.1) is 0 Å². The van der Waals surface area contributed by atoms with Crippen LogP contribution in [0.25, 0.3) is 11.1 Å². The Kier molecular flexibility index (Phi) is 6.65. The van der Waals surface area contributed by atoms with E-state index in [1.54, 1.807) is 18.2 Å². The summed E-state index contributed by atoms with van der Waals surface area (Å²) < 4.78 is 5.47. The van der Waals surface area contributed by atoms with Crippen molar-refractivity contribution >= 4 is 23.4 Å². The molecule has 3 aromatic carbocycles. The molecule has 6 nitrogen and oxygen atoms in total. The van der Waals surface area contributed by atoms with Gasteiger partial charge in [-0.3, -0.25) is 0 Å². The maximum absolute atomic E-state index is 12.2. The topological polar surface area (TPSA) is 105 Å². The van der Waals surface area contributed by atoms with Crippen LogP contribution in [0.5, 0.6) is 0 Å². The van der Waals surface area contributed by atoms with Gasteiger partial charge >= 0.3 is 6.09 Å². The second-order valence-corrected chi connectivity index (χ2v) is 8.20. The van der Waals surface area contributed by atoms with Crippen LogP contribution >= 0.6 is 11.6 Å². The number of aliphatic hydroxyl groups is 2. The third-order valence-corrected chi connectivity index (χ3v) is 6.13. The second kappa shape index (κ2) is 9.61. The minimum Gasteiger partial charge on any atom is -0.449 e. The predicted octanol–water partition coefficient (Wildman–Crippen LogP) is 4.25. The fourth-order valence-corrected chi connectivity index (χ4v) is 4.48. The highest BCUT2D eigenvalue weighted by Crippen LogP contribution is 2.44. The van der Waals surface area contributed by atoms with Crippen molar-refractivity contribution in [1.29, 1.82) is 0 Å². The number of hydrogen-bond donors (Lipinski definition) is 4. The van der Waals surface area contributed by atoms with Crippen molar-refractivity contribution in [2.45, 2.75) is 24.5 Å². The molecule has 32 heavy (non-hydrogen) atoms. The Balaban J connectivity index is 1.30. The molecule has 0 bridgehead atoms. The Bertz CT molecular complexity index is 1050. The number of nitrogens with two attached hydrogens (primary N) is 1. The lowest BCUT2D eigenvalue weighted by atomic mass is 9.98. The molecule has 166 valence electrons. The first kappa shape index (κ1) is 22.1. The maximum Gasteiger partial charge on any atom is 0.407 e. The summed E-state index contributed by atoms with van der Waals surface area (Å²) in [5, 5.41) is 23.6. The molecule has 3 aromatic rings. The average molecular weight is 453 g/mol. The number of ether oxygens (including phenoxy) is 1. The summed E-state index contributed by atoms with van der Waals surface area (Å²) in [6.45, 7) is 0.334. The molecule has 4 rings (SSSR count). The van der Waals surface area contributed by atoms with E-state index in [1.165, 1.54) is 0 Å². The average Bonchev–Trinajstić information content (AvgIpc) is 3.11. The number of alkyl carbamates (subject to hydrolysis) is 1. The molecule has 0 aliphatic heterocycles. The van der Waals surface area contributed by atoms with Crippen LogP contribution < -0.4 is 11.1 Å². The van der Waals surface area contributed by atoms with Gasteiger partial charge in [0, 0.05) is 28.7 Å². The monoisotopic (exact) mass is 452 g/mol. The number of carbonyl (C=O) groups is 1. The molecule has 0 spiro atoms. The van der Waals surface area contributed by atoms with Gasteiger partial charge in [-0.05, 0) is 40.8 Å². The summed E-state index contributed by atoms with van der Waals surface area (Å²) in [4.78, 5) is 12.2. The van der Waals surface area contributed by atoms with Crippen molar-refractivity contribution < 1.29 is 19.7 Å². The molecule has 1 amide bonds. The number of benzene rings is 3. The van der Waals surface area contributed by atoms with Crippen molar-refractivity contribution in [3.63, 3.8) is 0 Å². The number of halogens is 1. The minimum absolute atomic E-state index is 0.0243. The lowest BCUT2D eigenvalue weighted by Crippen LogP contribution is -2.31. The number of nitrogen functional groups attached to an aromatic ring is 1. The van der Waals surface area contributed by atoms with E-state index in [-0.39, 0.29) is 36.1 Å². The molecule has 2 unspecified atom stereocenters. The van der Waals surface area contributed by atoms with E-state index in [9.17, 15) is 15.0 Å². The number of nitrogens with one attached hydrogen (secondary N) is 1. The molecule has 0 fully saturated rings. The number of hydrogen-bond acceptors (Lipinski definition) is 5. The van der Waals surface area contributed by atoms with Crippen molar-refractivity contribution in [3.8, 4) is 11.1 Å². The Morgan fingerprint density at radius 1 is 1.00 bits per heavy atom. The highest BCUT2D eigenvalue weighted by atomic mass is 35.5. The number of carbonyl (C=O) groups excluding carboxylic acids is 1. The van der Waals surface area contributed by atoms with E-state index < -0.39 is 18.3 Å². The normalized spacial score (nSPS) is 14.3. The SMILES string of the molecule is Nc1cccc(Cl)c1C(O)C(O)CCNC(=O)OCC1c2ccccc2-c2ccccc21. The molecular weight excluding hydrogens is 428 g/mol. The zero-order valence-corrected chi connectivity index (χ0v) is 18.1. The smallest absolute Gasteiger partial charge is 0.407 e. The van der Waals surface area contributed by atoms with Gasteiger partial charge in [-0.2, -0.15) is 0 Å². The highest BCUT2D eigenvalue weighted by molar-refractivity contribution is 6.31. The Morgan fingerprint density at radius 3 is 2.25 bits per heavy atom. The number of aliphatic hydroxyl groups excluding tert-OH is 2. The molecule has 0 saturated carbocycles. The van der Waals surface area contributed by atoms with Gasteiger partial charge in [0.2, 0.25) is 0 Å². The van der Waals surface area contributed by atoms with Crippen molar-refractivity contribution in [2.75, 3.05) is 18.9 Å². The molecule has 0 radical (unpaired) electrons. The minimum atomic E-state index is -1.26. The van der Waals surface area contributed by atoms with Crippen LogP contribution in [-0.2, 0) is 4.74 Å². The summed E-state index contributed by atoms with van der Waals surface area (Å²) in [6, 6.07) is 21.1.